The molecule has 0 unspecified atom stereocenters. The quantitative estimate of drug-likeness (QED) is 0.696. The van der Waals surface area contributed by atoms with Crippen LogP contribution in [-0.4, -0.2) is 23.1 Å². The summed E-state index contributed by atoms with van der Waals surface area (Å²) in [6.07, 6.45) is 1.43. The number of anilines is 1. The Labute approximate surface area is 156 Å². The van der Waals surface area contributed by atoms with Gasteiger partial charge in [0.25, 0.3) is 5.91 Å². The Bertz CT molecular complexity index is 1030. The van der Waals surface area contributed by atoms with Gasteiger partial charge in [-0.15, -0.1) is 0 Å². The van der Waals surface area contributed by atoms with Crippen molar-refractivity contribution in [3.05, 3.63) is 58.8 Å². The largest absolute Gasteiger partial charge is 0.449 e. The van der Waals surface area contributed by atoms with Crippen molar-refractivity contribution in [3.8, 4) is 0 Å². The van der Waals surface area contributed by atoms with E-state index in [9.17, 15) is 9.59 Å². The highest BCUT2D eigenvalue weighted by molar-refractivity contribution is 6.08. The summed E-state index contributed by atoms with van der Waals surface area (Å²) in [6.45, 7) is 3.52. The van der Waals surface area contributed by atoms with E-state index in [2.05, 4.69) is 16.5 Å². The first kappa shape index (κ1) is 17.3. The summed E-state index contributed by atoms with van der Waals surface area (Å²) in [5.41, 5.74) is 2.99. The SMILES string of the molecule is CC[C@@H](OC(=O)c1ccc2c3c(cccc13)CC2)C(=O)Nc1cc(C)on1. The molecule has 0 aliphatic heterocycles. The van der Waals surface area contributed by atoms with Crippen LogP contribution in [0.5, 0.6) is 0 Å². The van der Waals surface area contributed by atoms with Crippen LogP contribution in [0.25, 0.3) is 10.8 Å². The summed E-state index contributed by atoms with van der Waals surface area (Å²) in [7, 11) is 0. The summed E-state index contributed by atoms with van der Waals surface area (Å²) < 4.78 is 10.5. The highest BCUT2D eigenvalue weighted by Gasteiger charge is 2.25. The third-order valence-corrected chi connectivity index (χ3v) is 4.89. The van der Waals surface area contributed by atoms with Gasteiger partial charge in [0, 0.05) is 6.07 Å². The molecule has 1 aliphatic carbocycles. The number of rotatable bonds is 5. The minimum absolute atomic E-state index is 0.303. The molecule has 0 spiro atoms. The van der Waals surface area contributed by atoms with Gasteiger partial charge in [-0.1, -0.05) is 36.3 Å². The summed E-state index contributed by atoms with van der Waals surface area (Å²) in [5.74, 6) is -0.0328. The lowest BCUT2D eigenvalue weighted by atomic mass is 10.00. The van der Waals surface area contributed by atoms with Crippen LogP contribution in [0, 0.1) is 6.92 Å². The van der Waals surface area contributed by atoms with Gasteiger partial charge in [0.1, 0.15) is 5.76 Å². The minimum Gasteiger partial charge on any atom is -0.449 e. The lowest BCUT2D eigenvalue weighted by Crippen LogP contribution is -2.32. The van der Waals surface area contributed by atoms with Gasteiger partial charge in [-0.3, -0.25) is 4.79 Å². The van der Waals surface area contributed by atoms with Gasteiger partial charge in [0.05, 0.1) is 5.56 Å². The van der Waals surface area contributed by atoms with Gasteiger partial charge in [-0.25, -0.2) is 4.79 Å². The predicted molar refractivity (Wildman–Crippen MR) is 101 cm³/mol. The third kappa shape index (κ3) is 3.18. The first-order valence-electron chi connectivity index (χ1n) is 9.05. The van der Waals surface area contributed by atoms with E-state index in [1.54, 1.807) is 26.0 Å². The summed E-state index contributed by atoms with van der Waals surface area (Å²) in [4.78, 5) is 25.2. The number of ether oxygens (including phenoxy) is 1. The maximum absolute atomic E-state index is 12.8. The number of aromatic nitrogens is 1. The van der Waals surface area contributed by atoms with Gasteiger partial charge in [0.2, 0.25) is 0 Å². The average Bonchev–Trinajstić information content (AvgIpc) is 3.27. The van der Waals surface area contributed by atoms with Crippen molar-refractivity contribution in [2.75, 3.05) is 5.32 Å². The fourth-order valence-electron chi connectivity index (χ4n) is 3.57. The fraction of sp³-hybridized carbons (Fsp3) is 0.286. The third-order valence-electron chi connectivity index (χ3n) is 4.89. The number of carbonyl (C=O) groups is 2. The van der Waals surface area contributed by atoms with E-state index < -0.39 is 18.0 Å². The Kier molecular flexibility index (Phi) is 4.39. The minimum atomic E-state index is -0.905. The molecule has 0 fully saturated rings. The van der Waals surface area contributed by atoms with E-state index in [-0.39, 0.29) is 0 Å². The smallest absolute Gasteiger partial charge is 0.339 e. The molecule has 0 saturated carbocycles. The Balaban J connectivity index is 1.56. The van der Waals surface area contributed by atoms with Crippen LogP contribution < -0.4 is 5.32 Å². The molecule has 4 rings (SSSR count). The lowest BCUT2D eigenvalue weighted by Gasteiger charge is -2.16. The zero-order chi connectivity index (χ0) is 19.0. The summed E-state index contributed by atoms with van der Waals surface area (Å²) in [6, 6.07) is 11.4. The maximum Gasteiger partial charge on any atom is 0.339 e. The number of amides is 1. The standard InChI is InChI=1S/C21H20N2O4/c1-3-17(20(24)22-18-11-12(2)27-23-18)26-21(25)16-10-9-14-8-7-13-5-4-6-15(16)19(13)14/h4-6,9-11,17H,3,7-8H2,1-2H3,(H,22,23,24)/t17-/m1/s1. The molecule has 138 valence electrons. The van der Waals surface area contributed by atoms with Crippen molar-refractivity contribution in [3.63, 3.8) is 0 Å². The molecule has 1 N–H and O–H groups in total. The van der Waals surface area contributed by atoms with E-state index in [4.69, 9.17) is 9.26 Å². The van der Waals surface area contributed by atoms with E-state index in [1.165, 1.54) is 11.1 Å². The molecule has 1 amide bonds. The molecular formula is C21H20N2O4. The first-order chi connectivity index (χ1) is 13.1. The Morgan fingerprint density at radius 1 is 1.22 bits per heavy atom. The second-order valence-corrected chi connectivity index (χ2v) is 6.73. The van der Waals surface area contributed by atoms with Crippen molar-refractivity contribution in [2.24, 2.45) is 0 Å². The zero-order valence-electron chi connectivity index (χ0n) is 15.2. The molecule has 3 aromatic rings. The van der Waals surface area contributed by atoms with E-state index >= 15 is 0 Å². The van der Waals surface area contributed by atoms with Crippen LogP contribution in [0.3, 0.4) is 0 Å². The highest BCUT2D eigenvalue weighted by atomic mass is 16.5. The molecule has 0 saturated heterocycles. The number of nitrogens with zero attached hydrogens (tertiary/aromatic N) is 1. The van der Waals surface area contributed by atoms with Crippen molar-refractivity contribution in [2.45, 2.75) is 39.2 Å². The molecule has 1 heterocycles. The van der Waals surface area contributed by atoms with Crippen molar-refractivity contribution in [1.82, 2.24) is 5.16 Å². The molecule has 1 aromatic heterocycles. The van der Waals surface area contributed by atoms with Crippen LogP contribution in [0.15, 0.2) is 40.9 Å². The first-order valence-corrected chi connectivity index (χ1v) is 9.05. The number of benzene rings is 2. The number of hydrogen-bond donors (Lipinski definition) is 1. The predicted octanol–water partition coefficient (Wildman–Crippen LogP) is 3.81. The Morgan fingerprint density at radius 3 is 2.70 bits per heavy atom. The van der Waals surface area contributed by atoms with E-state index in [1.807, 2.05) is 18.2 Å². The number of aryl methyl sites for hydroxylation is 3. The maximum atomic E-state index is 12.8. The normalized spacial score (nSPS) is 13.6. The second-order valence-electron chi connectivity index (χ2n) is 6.73. The van der Waals surface area contributed by atoms with Crippen LogP contribution in [0.1, 0.15) is 40.6 Å². The zero-order valence-corrected chi connectivity index (χ0v) is 15.2. The molecule has 1 atom stereocenters. The lowest BCUT2D eigenvalue weighted by molar-refractivity contribution is -0.124. The molecule has 1 aliphatic rings. The molecule has 0 bridgehead atoms. The van der Waals surface area contributed by atoms with Crippen LogP contribution >= 0.6 is 0 Å². The topological polar surface area (TPSA) is 81.4 Å². The average molecular weight is 364 g/mol. The van der Waals surface area contributed by atoms with Gasteiger partial charge < -0.3 is 14.6 Å². The van der Waals surface area contributed by atoms with E-state index in [0.717, 1.165) is 23.6 Å². The van der Waals surface area contributed by atoms with E-state index in [0.29, 0.717) is 23.6 Å². The molecule has 0 radical (unpaired) electrons. The summed E-state index contributed by atoms with van der Waals surface area (Å²) in [5, 5.41) is 8.37. The number of esters is 1. The number of hydrogen-bond acceptors (Lipinski definition) is 5. The molecule has 6 heteroatoms. The van der Waals surface area contributed by atoms with Gasteiger partial charge in [-0.2, -0.15) is 0 Å². The Hall–Kier alpha value is -3.15. The van der Waals surface area contributed by atoms with Gasteiger partial charge >= 0.3 is 5.97 Å². The van der Waals surface area contributed by atoms with Crippen molar-refractivity contribution >= 4 is 28.5 Å². The second kappa shape index (κ2) is 6.87. The number of carbonyl (C=O) groups excluding carboxylic acids is 2. The van der Waals surface area contributed by atoms with Crippen LogP contribution in [0.4, 0.5) is 5.82 Å². The molecular weight excluding hydrogens is 344 g/mol. The fourth-order valence-corrected chi connectivity index (χ4v) is 3.57. The van der Waals surface area contributed by atoms with Gasteiger partial charge in [0.15, 0.2) is 11.9 Å². The van der Waals surface area contributed by atoms with Crippen molar-refractivity contribution < 1.29 is 18.8 Å². The summed E-state index contributed by atoms with van der Waals surface area (Å²) >= 11 is 0. The highest BCUT2D eigenvalue weighted by Crippen LogP contribution is 2.33. The molecule has 2 aromatic carbocycles. The van der Waals surface area contributed by atoms with Crippen LogP contribution in [0.2, 0.25) is 0 Å². The molecule has 27 heavy (non-hydrogen) atoms. The monoisotopic (exact) mass is 364 g/mol. The number of nitrogens with one attached hydrogen (secondary N) is 1. The van der Waals surface area contributed by atoms with Crippen LogP contribution in [-0.2, 0) is 22.4 Å². The molecule has 6 nitrogen and oxygen atoms in total. The van der Waals surface area contributed by atoms with Gasteiger partial charge in [-0.05, 0) is 54.2 Å². The Morgan fingerprint density at radius 2 is 2.00 bits per heavy atom. The van der Waals surface area contributed by atoms with Crippen molar-refractivity contribution in [1.29, 1.82) is 0 Å².